The van der Waals surface area contributed by atoms with Gasteiger partial charge in [0.25, 0.3) is 0 Å². The molecule has 1 aliphatic carbocycles. The maximum absolute atomic E-state index is 11.8. The number of nitrogens with zero attached hydrogens (tertiary/aromatic N) is 1. The Kier molecular flexibility index (Phi) is 2.32. The van der Waals surface area contributed by atoms with E-state index < -0.39 is 5.92 Å². The molecule has 1 unspecified atom stereocenters. The molecule has 1 aromatic rings. The van der Waals surface area contributed by atoms with Gasteiger partial charge in [-0.2, -0.15) is 5.26 Å². The molecule has 0 aromatic heterocycles. The van der Waals surface area contributed by atoms with Crippen LogP contribution in [0, 0.1) is 17.2 Å². The Labute approximate surface area is 89.5 Å². The third-order valence-electron chi connectivity index (χ3n) is 2.96. The van der Waals surface area contributed by atoms with Crippen LogP contribution in [0.3, 0.4) is 0 Å². The number of rotatable bonds is 1. The lowest BCUT2D eigenvalue weighted by atomic mass is 9.98. The molecule has 1 aromatic carbocycles. The first-order valence-electron chi connectivity index (χ1n) is 5.20. The van der Waals surface area contributed by atoms with E-state index in [9.17, 15) is 4.79 Å². The number of ketones is 1. The largest absolute Gasteiger partial charge is 0.293 e. The zero-order chi connectivity index (χ0) is 11.0. The minimum Gasteiger partial charge on any atom is -0.293 e. The van der Waals surface area contributed by atoms with E-state index in [0.29, 0.717) is 12.3 Å². The van der Waals surface area contributed by atoms with Gasteiger partial charge in [0.1, 0.15) is 5.92 Å². The SMILES string of the molecule is CC(C)c1ccc2c(c1)C(=O)C(C#N)C2. The molecular weight excluding hydrogens is 186 g/mol. The van der Waals surface area contributed by atoms with Gasteiger partial charge in [-0.25, -0.2) is 0 Å². The van der Waals surface area contributed by atoms with Gasteiger partial charge in [-0.15, -0.1) is 0 Å². The zero-order valence-corrected chi connectivity index (χ0v) is 8.95. The minimum atomic E-state index is -0.456. The van der Waals surface area contributed by atoms with Gasteiger partial charge < -0.3 is 0 Å². The first-order chi connectivity index (χ1) is 7.13. The van der Waals surface area contributed by atoms with Crippen LogP contribution in [0.4, 0.5) is 0 Å². The molecule has 15 heavy (non-hydrogen) atoms. The van der Waals surface area contributed by atoms with Crippen molar-refractivity contribution in [2.75, 3.05) is 0 Å². The highest BCUT2D eigenvalue weighted by Gasteiger charge is 2.30. The Hall–Kier alpha value is -1.62. The van der Waals surface area contributed by atoms with Crippen molar-refractivity contribution >= 4 is 5.78 Å². The van der Waals surface area contributed by atoms with Crippen LogP contribution in [0.5, 0.6) is 0 Å². The quantitative estimate of drug-likeness (QED) is 0.697. The summed E-state index contributed by atoms with van der Waals surface area (Å²) in [5.41, 5.74) is 2.95. The summed E-state index contributed by atoms with van der Waals surface area (Å²) < 4.78 is 0. The van der Waals surface area contributed by atoms with Crippen molar-refractivity contribution in [1.29, 1.82) is 5.26 Å². The summed E-state index contributed by atoms with van der Waals surface area (Å²) >= 11 is 0. The van der Waals surface area contributed by atoms with E-state index in [1.54, 1.807) is 0 Å². The second kappa shape index (κ2) is 3.51. The number of Topliss-reactive ketones (excluding diaryl/α,β-unsaturated/α-hetero) is 1. The summed E-state index contributed by atoms with van der Waals surface area (Å²) in [5.74, 6) is -0.0401. The Bertz CT molecular complexity index is 454. The summed E-state index contributed by atoms with van der Waals surface area (Å²) in [4.78, 5) is 11.8. The summed E-state index contributed by atoms with van der Waals surface area (Å²) in [5, 5.41) is 8.82. The van der Waals surface area contributed by atoms with Gasteiger partial charge >= 0.3 is 0 Å². The van der Waals surface area contributed by atoms with E-state index >= 15 is 0 Å². The predicted octanol–water partition coefficient (Wildman–Crippen LogP) is 2.69. The molecule has 0 bridgehead atoms. The van der Waals surface area contributed by atoms with Crippen molar-refractivity contribution in [2.45, 2.75) is 26.2 Å². The van der Waals surface area contributed by atoms with E-state index in [2.05, 4.69) is 26.0 Å². The monoisotopic (exact) mass is 199 g/mol. The molecular formula is C13H13NO. The Balaban J connectivity index is 2.45. The van der Waals surface area contributed by atoms with Crippen LogP contribution in [0.2, 0.25) is 0 Å². The van der Waals surface area contributed by atoms with Gasteiger partial charge in [-0.3, -0.25) is 4.79 Å². The lowest BCUT2D eigenvalue weighted by molar-refractivity contribution is 0.0963. The summed E-state index contributed by atoms with van der Waals surface area (Å²) in [6.45, 7) is 4.20. The second-order valence-corrected chi connectivity index (χ2v) is 4.32. The number of carbonyl (C=O) groups excluding carboxylic acids is 1. The van der Waals surface area contributed by atoms with Crippen LogP contribution < -0.4 is 0 Å². The van der Waals surface area contributed by atoms with E-state index in [-0.39, 0.29) is 5.78 Å². The number of carbonyl (C=O) groups is 1. The molecule has 0 fully saturated rings. The minimum absolute atomic E-state index is 0.00463. The van der Waals surface area contributed by atoms with Crippen LogP contribution in [0.25, 0.3) is 0 Å². The van der Waals surface area contributed by atoms with Crippen LogP contribution >= 0.6 is 0 Å². The lowest BCUT2D eigenvalue weighted by Crippen LogP contribution is -2.05. The molecule has 0 heterocycles. The first-order valence-corrected chi connectivity index (χ1v) is 5.20. The highest BCUT2D eigenvalue weighted by Crippen LogP contribution is 2.29. The molecule has 1 atom stereocenters. The molecule has 2 nitrogen and oxygen atoms in total. The molecule has 0 saturated carbocycles. The van der Waals surface area contributed by atoms with Gasteiger partial charge in [0.2, 0.25) is 0 Å². The van der Waals surface area contributed by atoms with Crippen molar-refractivity contribution in [3.63, 3.8) is 0 Å². The second-order valence-electron chi connectivity index (χ2n) is 4.32. The molecule has 0 saturated heterocycles. The normalized spacial score (nSPS) is 19.1. The Morgan fingerprint density at radius 3 is 2.80 bits per heavy atom. The molecule has 2 heteroatoms. The fourth-order valence-electron chi connectivity index (χ4n) is 1.97. The van der Waals surface area contributed by atoms with Crippen molar-refractivity contribution in [3.05, 3.63) is 34.9 Å². The molecule has 1 aliphatic rings. The molecule has 0 aliphatic heterocycles. The van der Waals surface area contributed by atoms with Gasteiger partial charge in [-0.05, 0) is 29.5 Å². The fourth-order valence-corrected chi connectivity index (χ4v) is 1.97. The van der Waals surface area contributed by atoms with Crippen LogP contribution in [0.15, 0.2) is 18.2 Å². The van der Waals surface area contributed by atoms with Crippen LogP contribution in [0.1, 0.15) is 41.3 Å². The number of hydrogen-bond acceptors (Lipinski definition) is 2. The van der Waals surface area contributed by atoms with Gasteiger partial charge in [0.15, 0.2) is 5.78 Å². The third-order valence-corrected chi connectivity index (χ3v) is 2.96. The first kappa shape index (κ1) is 9.92. The maximum atomic E-state index is 11.8. The third kappa shape index (κ3) is 1.55. The fraction of sp³-hybridized carbons (Fsp3) is 0.385. The highest BCUT2D eigenvalue weighted by atomic mass is 16.1. The van der Waals surface area contributed by atoms with Crippen molar-refractivity contribution in [1.82, 2.24) is 0 Å². The van der Waals surface area contributed by atoms with Gasteiger partial charge in [0, 0.05) is 5.56 Å². The average molecular weight is 199 g/mol. The van der Waals surface area contributed by atoms with E-state index in [1.165, 1.54) is 5.56 Å². The zero-order valence-electron chi connectivity index (χ0n) is 8.95. The Morgan fingerprint density at radius 2 is 2.20 bits per heavy atom. The summed E-state index contributed by atoms with van der Waals surface area (Å²) in [6, 6.07) is 8.04. The number of hydrogen-bond donors (Lipinski definition) is 0. The van der Waals surface area contributed by atoms with Crippen molar-refractivity contribution < 1.29 is 4.79 Å². The molecule has 0 radical (unpaired) electrons. The number of benzene rings is 1. The van der Waals surface area contributed by atoms with Gasteiger partial charge in [0.05, 0.1) is 6.07 Å². The molecule has 76 valence electrons. The summed E-state index contributed by atoms with van der Waals surface area (Å²) in [6.07, 6.45) is 0.586. The smallest absolute Gasteiger partial charge is 0.180 e. The van der Waals surface area contributed by atoms with E-state index in [4.69, 9.17) is 5.26 Å². The molecule has 0 N–H and O–H groups in total. The van der Waals surface area contributed by atoms with E-state index in [1.807, 2.05) is 12.1 Å². The van der Waals surface area contributed by atoms with Crippen LogP contribution in [-0.4, -0.2) is 5.78 Å². The van der Waals surface area contributed by atoms with Crippen LogP contribution in [-0.2, 0) is 6.42 Å². The van der Waals surface area contributed by atoms with Crippen molar-refractivity contribution in [3.8, 4) is 6.07 Å². The number of fused-ring (bicyclic) bond motifs is 1. The summed E-state index contributed by atoms with van der Waals surface area (Å²) in [7, 11) is 0. The average Bonchev–Trinajstić information content (AvgIpc) is 2.55. The number of nitriles is 1. The standard InChI is InChI=1S/C13H13NO/c1-8(2)9-3-4-10-5-11(7-14)13(15)12(10)6-9/h3-4,6,8,11H,5H2,1-2H3. The predicted molar refractivity (Wildman–Crippen MR) is 57.7 cm³/mol. The maximum Gasteiger partial charge on any atom is 0.180 e. The van der Waals surface area contributed by atoms with E-state index in [0.717, 1.165) is 11.1 Å². The highest BCUT2D eigenvalue weighted by molar-refractivity contribution is 6.03. The lowest BCUT2D eigenvalue weighted by Gasteiger charge is -2.06. The topological polar surface area (TPSA) is 40.9 Å². The Morgan fingerprint density at radius 1 is 1.47 bits per heavy atom. The molecule has 0 amide bonds. The van der Waals surface area contributed by atoms with Crippen molar-refractivity contribution in [2.24, 2.45) is 5.92 Å². The van der Waals surface area contributed by atoms with Gasteiger partial charge in [-0.1, -0.05) is 26.0 Å². The molecule has 0 spiro atoms. The molecule has 2 rings (SSSR count).